The second-order valence-electron chi connectivity index (χ2n) is 4.95. The summed E-state index contributed by atoms with van der Waals surface area (Å²) in [4.78, 5) is 25.6. The fraction of sp³-hybridized carbons (Fsp3) is 0.0588. The molecule has 122 valence electrons. The summed E-state index contributed by atoms with van der Waals surface area (Å²) in [5, 5.41) is 3.03. The van der Waals surface area contributed by atoms with Crippen LogP contribution in [0.2, 0.25) is 5.02 Å². The normalized spacial score (nSPS) is 16.1. The SMILES string of the molecule is O=C1SC(=Cc2ccccc2F)C(=O)N1CNc1ccccc1Cl. The highest BCUT2D eigenvalue weighted by Gasteiger charge is 2.35. The number of rotatable bonds is 4. The smallest absolute Gasteiger partial charge is 0.295 e. The molecular formula is C17H12ClFN2O2S. The van der Waals surface area contributed by atoms with Gasteiger partial charge in [0.15, 0.2) is 0 Å². The van der Waals surface area contributed by atoms with Crippen molar-refractivity contribution in [3.05, 3.63) is 69.8 Å². The van der Waals surface area contributed by atoms with Crippen molar-refractivity contribution in [2.75, 3.05) is 12.0 Å². The second-order valence-corrected chi connectivity index (χ2v) is 6.35. The summed E-state index contributed by atoms with van der Waals surface area (Å²) in [6, 6.07) is 13.1. The molecule has 0 aromatic heterocycles. The third-order valence-corrected chi connectivity index (χ3v) is 4.60. The van der Waals surface area contributed by atoms with Crippen LogP contribution in [0.1, 0.15) is 5.56 Å². The molecule has 0 saturated carbocycles. The summed E-state index contributed by atoms with van der Waals surface area (Å²) in [6.07, 6.45) is 1.38. The summed E-state index contributed by atoms with van der Waals surface area (Å²) >= 11 is 6.81. The number of thioether (sulfide) groups is 1. The molecule has 1 aliphatic rings. The summed E-state index contributed by atoms with van der Waals surface area (Å²) < 4.78 is 13.7. The Morgan fingerprint density at radius 2 is 1.83 bits per heavy atom. The van der Waals surface area contributed by atoms with Gasteiger partial charge in [0.2, 0.25) is 0 Å². The molecule has 2 aromatic rings. The quantitative estimate of drug-likeness (QED) is 0.808. The lowest BCUT2D eigenvalue weighted by Gasteiger charge is -2.15. The van der Waals surface area contributed by atoms with E-state index in [2.05, 4.69) is 5.32 Å². The number of benzene rings is 2. The number of hydrogen-bond acceptors (Lipinski definition) is 4. The first-order valence-electron chi connectivity index (χ1n) is 7.04. The molecule has 2 aromatic carbocycles. The molecule has 1 N–H and O–H groups in total. The van der Waals surface area contributed by atoms with Crippen LogP contribution in [0.25, 0.3) is 6.08 Å². The Morgan fingerprint density at radius 3 is 2.58 bits per heavy atom. The minimum atomic E-state index is -0.465. The minimum absolute atomic E-state index is 0.0109. The van der Waals surface area contributed by atoms with E-state index < -0.39 is 17.0 Å². The summed E-state index contributed by atoms with van der Waals surface area (Å²) in [5.41, 5.74) is 0.887. The minimum Gasteiger partial charge on any atom is -0.366 e. The van der Waals surface area contributed by atoms with Gasteiger partial charge in [-0.3, -0.25) is 14.5 Å². The largest absolute Gasteiger partial charge is 0.366 e. The Hall–Kier alpha value is -2.31. The zero-order valence-corrected chi connectivity index (χ0v) is 13.9. The Balaban J connectivity index is 1.75. The average Bonchev–Trinajstić information content (AvgIpc) is 2.83. The molecule has 2 amide bonds. The van der Waals surface area contributed by atoms with Crippen molar-refractivity contribution in [2.45, 2.75) is 0 Å². The number of nitrogens with one attached hydrogen (secondary N) is 1. The van der Waals surface area contributed by atoms with Gasteiger partial charge in [-0.1, -0.05) is 41.9 Å². The predicted octanol–water partition coefficient (Wildman–Crippen LogP) is 4.59. The van der Waals surface area contributed by atoms with E-state index >= 15 is 0 Å². The van der Waals surface area contributed by atoms with Gasteiger partial charge in [0.1, 0.15) is 5.82 Å². The topological polar surface area (TPSA) is 49.4 Å². The van der Waals surface area contributed by atoms with E-state index in [1.165, 1.54) is 12.1 Å². The van der Waals surface area contributed by atoms with E-state index in [1.807, 2.05) is 0 Å². The Morgan fingerprint density at radius 1 is 1.12 bits per heavy atom. The van der Waals surface area contributed by atoms with Gasteiger partial charge in [0.25, 0.3) is 11.1 Å². The summed E-state index contributed by atoms with van der Waals surface area (Å²) in [5.74, 6) is -0.911. The number of anilines is 1. The van der Waals surface area contributed by atoms with Gasteiger partial charge < -0.3 is 5.32 Å². The summed E-state index contributed by atoms with van der Waals surface area (Å²) in [6.45, 7) is -0.0109. The number of amides is 2. The van der Waals surface area contributed by atoms with Crippen LogP contribution >= 0.6 is 23.4 Å². The zero-order valence-electron chi connectivity index (χ0n) is 12.3. The number of hydrogen-bond donors (Lipinski definition) is 1. The van der Waals surface area contributed by atoms with Gasteiger partial charge >= 0.3 is 0 Å². The van der Waals surface area contributed by atoms with Crippen LogP contribution in [0.5, 0.6) is 0 Å². The Bertz CT molecular complexity index is 841. The number of para-hydroxylation sites is 1. The van der Waals surface area contributed by atoms with Crippen molar-refractivity contribution in [1.29, 1.82) is 0 Å². The first-order valence-corrected chi connectivity index (χ1v) is 8.24. The lowest BCUT2D eigenvalue weighted by molar-refractivity contribution is -0.122. The zero-order chi connectivity index (χ0) is 17.1. The molecule has 1 heterocycles. The highest BCUT2D eigenvalue weighted by molar-refractivity contribution is 8.18. The van der Waals surface area contributed by atoms with Gasteiger partial charge in [0.05, 0.1) is 22.3 Å². The molecule has 0 radical (unpaired) electrons. The monoisotopic (exact) mass is 362 g/mol. The molecular weight excluding hydrogens is 351 g/mol. The van der Waals surface area contributed by atoms with Gasteiger partial charge in [-0.05, 0) is 36.0 Å². The van der Waals surface area contributed by atoms with Crippen LogP contribution in [0.4, 0.5) is 14.9 Å². The summed E-state index contributed by atoms with van der Waals surface area (Å²) in [7, 11) is 0. The van der Waals surface area contributed by atoms with E-state index in [-0.39, 0.29) is 17.1 Å². The molecule has 0 aliphatic carbocycles. The number of halogens is 2. The molecule has 1 saturated heterocycles. The van der Waals surface area contributed by atoms with Crippen molar-refractivity contribution in [3.8, 4) is 0 Å². The van der Waals surface area contributed by atoms with E-state index in [0.29, 0.717) is 10.7 Å². The average molecular weight is 363 g/mol. The number of nitrogens with zero attached hydrogens (tertiary/aromatic N) is 1. The van der Waals surface area contributed by atoms with E-state index in [9.17, 15) is 14.0 Å². The van der Waals surface area contributed by atoms with E-state index in [0.717, 1.165) is 16.7 Å². The highest BCUT2D eigenvalue weighted by atomic mass is 35.5. The van der Waals surface area contributed by atoms with Crippen molar-refractivity contribution in [1.82, 2.24) is 4.90 Å². The van der Waals surface area contributed by atoms with Crippen LogP contribution in [0.15, 0.2) is 53.4 Å². The maximum atomic E-state index is 13.7. The van der Waals surface area contributed by atoms with Gasteiger partial charge in [-0.25, -0.2) is 4.39 Å². The van der Waals surface area contributed by atoms with Crippen molar-refractivity contribution < 1.29 is 14.0 Å². The van der Waals surface area contributed by atoms with Crippen LogP contribution in [-0.2, 0) is 4.79 Å². The maximum Gasteiger partial charge on any atom is 0.295 e. The Labute approximate surface area is 147 Å². The van der Waals surface area contributed by atoms with Crippen LogP contribution in [0, 0.1) is 5.82 Å². The third-order valence-electron chi connectivity index (χ3n) is 3.37. The number of carbonyl (C=O) groups excluding carboxylic acids is 2. The van der Waals surface area contributed by atoms with Gasteiger partial charge in [-0.2, -0.15) is 0 Å². The fourth-order valence-corrected chi connectivity index (χ4v) is 3.17. The fourth-order valence-electron chi connectivity index (χ4n) is 2.14. The molecule has 0 atom stereocenters. The molecule has 7 heteroatoms. The lowest BCUT2D eigenvalue weighted by Crippen LogP contribution is -2.33. The number of imide groups is 1. The molecule has 3 rings (SSSR count). The maximum absolute atomic E-state index is 13.7. The van der Waals surface area contributed by atoms with Crippen molar-refractivity contribution >= 4 is 46.3 Å². The molecule has 0 bridgehead atoms. The van der Waals surface area contributed by atoms with Crippen molar-refractivity contribution in [2.24, 2.45) is 0 Å². The lowest BCUT2D eigenvalue weighted by atomic mass is 10.2. The second kappa shape index (κ2) is 7.07. The molecule has 0 spiro atoms. The van der Waals surface area contributed by atoms with Crippen LogP contribution in [0.3, 0.4) is 0 Å². The number of carbonyl (C=O) groups is 2. The molecule has 24 heavy (non-hydrogen) atoms. The standard InChI is InChI=1S/C17H12ClFN2O2S/c18-12-6-2-4-8-14(12)20-10-21-16(22)15(24-17(21)23)9-11-5-1-3-7-13(11)19/h1-9,20H,10H2. The van der Waals surface area contributed by atoms with E-state index in [1.54, 1.807) is 42.5 Å². The molecule has 1 aliphatic heterocycles. The van der Waals surface area contributed by atoms with Crippen LogP contribution < -0.4 is 5.32 Å². The van der Waals surface area contributed by atoms with Gasteiger partial charge in [0, 0.05) is 5.56 Å². The van der Waals surface area contributed by atoms with Gasteiger partial charge in [-0.15, -0.1) is 0 Å². The molecule has 1 fully saturated rings. The van der Waals surface area contributed by atoms with E-state index in [4.69, 9.17) is 11.6 Å². The predicted molar refractivity (Wildman–Crippen MR) is 94.2 cm³/mol. The van der Waals surface area contributed by atoms with Crippen LogP contribution in [-0.4, -0.2) is 22.7 Å². The third kappa shape index (κ3) is 3.44. The first-order chi connectivity index (χ1) is 11.6. The molecule has 0 unspecified atom stereocenters. The first kappa shape index (κ1) is 16.5. The highest BCUT2D eigenvalue weighted by Crippen LogP contribution is 2.32. The molecule has 4 nitrogen and oxygen atoms in total. The van der Waals surface area contributed by atoms with Crippen molar-refractivity contribution in [3.63, 3.8) is 0 Å². The Kier molecular flexibility index (Phi) is 4.87.